The van der Waals surface area contributed by atoms with Gasteiger partial charge < -0.3 is 24.6 Å². The number of ether oxygens (including phenoxy) is 3. The second-order valence-corrected chi connectivity index (χ2v) is 4.13. The molecule has 0 aliphatic carbocycles. The maximum absolute atomic E-state index is 11.5. The van der Waals surface area contributed by atoms with E-state index in [1.165, 1.54) is 14.2 Å². The molecule has 0 aliphatic heterocycles. The van der Waals surface area contributed by atoms with Gasteiger partial charge in [0.25, 0.3) is 0 Å². The van der Waals surface area contributed by atoms with Crippen LogP contribution in [0.2, 0.25) is 0 Å². The Hall–Kier alpha value is -2.44. The lowest BCUT2D eigenvalue weighted by Crippen LogP contribution is -2.30. The first-order valence-electron chi connectivity index (χ1n) is 6.38. The molecule has 2 N–H and O–H groups in total. The second kappa shape index (κ2) is 7.98. The Morgan fingerprint density at radius 1 is 1.24 bits per heavy atom. The van der Waals surface area contributed by atoms with E-state index in [0.29, 0.717) is 17.1 Å². The van der Waals surface area contributed by atoms with E-state index in [0.717, 1.165) is 0 Å². The van der Waals surface area contributed by atoms with E-state index in [-0.39, 0.29) is 13.0 Å². The molecule has 0 saturated heterocycles. The average molecular weight is 297 g/mol. The van der Waals surface area contributed by atoms with Crippen LogP contribution in [0.5, 0.6) is 11.5 Å². The molecule has 0 spiro atoms. The van der Waals surface area contributed by atoms with Crippen LogP contribution in [-0.4, -0.2) is 38.0 Å². The summed E-state index contributed by atoms with van der Waals surface area (Å²) in [5.41, 5.74) is 0.586. The van der Waals surface area contributed by atoms with E-state index in [4.69, 9.17) is 19.3 Å². The first kappa shape index (κ1) is 16.6. The highest BCUT2D eigenvalue weighted by Gasteiger charge is 2.20. The highest BCUT2D eigenvalue weighted by Crippen LogP contribution is 2.30. The van der Waals surface area contributed by atoms with E-state index < -0.39 is 18.1 Å². The zero-order valence-corrected chi connectivity index (χ0v) is 12.2. The predicted molar refractivity (Wildman–Crippen MR) is 74.7 cm³/mol. The number of amides is 1. The lowest BCUT2D eigenvalue weighted by atomic mass is 10.0. The highest BCUT2D eigenvalue weighted by atomic mass is 16.5. The summed E-state index contributed by atoms with van der Waals surface area (Å²) < 4.78 is 15.1. The number of carbonyl (C=O) groups excluding carboxylic acids is 1. The molecule has 0 bridgehead atoms. The molecule has 0 unspecified atom stereocenters. The van der Waals surface area contributed by atoms with Crippen molar-refractivity contribution in [3.63, 3.8) is 0 Å². The standard InChI is InChI=1S/C14H19NO6/c1-4-21-14(18)15-10(8-13(16)17)9-5-6-11(19-2)12(7-9)20-3/h5-7,10H,4,8H2,1-3H3,(H,15,18)(H,16,17)/t10-/m0/s1. The third-order valence-electron chi connectivity index (χ3n) is 2.76. The molecule has 1 aromatic carbocycles. The predicted octanol–water partition coefficient (Wildman–Crippen LogP) is 1.97. The molecule has 21 heavy (non-hydrogen) atoms. The molecule has 0 heterocycles. The second-order valence-electron chi connectivity index (χ2n) is 4.13. The normalized spacial score (nSPS) is 11.4. The quantitative estimate of drug-likeness (QED) is 0.799. The van der Waals surface area contributed by atoms with Gasteiger partial charge in [0.1, 0.15) is 0 Å². The van der Waals surface area contributed by atoms with Crippen LogP contribution >= 0.6 is 0 Å². The van der Waals surface area contributed by atoms with Crippen molar-refractivity contribution < 1.29 is 28.9 Å². The van der Waals surface area contributed by atoms with Crippen LogP contribution in [-0.2, 0) is 9.53 Å². The molecular weight excluding hydrogens is 278 g/mol. The van der Waals surface area contributed by atoms with Gasteiger partial charge in [-0.05, 0) is 24.6 Å². The molecule has 7 heteroatoms. The Bertz CT molecular complexity index is 502. The number of benzene rings is 1. The van der Waals surface area contributed by atoms with Crippen LogP contribution < -0.4 is 14.8 Å². The van der Waals surface area contributed by atoms with Gasteiger partial charge in [-0.1, -0.05) is 6.07 Å². The van der Waals surface area contributed by atoms with Crippen molar-refractivity contribution in [1.82, 2.24) is 5.32 Å². The molecule has 0 saturated carbocycles. The maximum atomic E-state index is 11.5. The van der Waals surface area contributed by atoms with Crippen LogP contribution in [0, 0.1) is 0 Å². The van der Waals surface area contributed by atoms with Gasteiger partial charge in [0, 0.05) is 0 Å². The van der Waals surface area contributed by atoms with Gasteiger partial charge >= 0.3 is 12.1 Å². The van der Waals surface area contributed by atoms with Gasteiger partial charge in [-0.2, -0.15) is 0 Å². The molecule has 7 nitrogen and oxygen atoms in total. The number of nitrogens with one attached hydrogen (secondary N) is 1. The van der Waals surface area contributed by atoms with Crippen molar-refractivity contribution in [1.29, 1.82) is 0 Å². The molecule has 1 atom stereocenters. The van der Waals surface area contributed by atoms with Crippen LogP contribution in [0.25, 0.3) is 0 Å². The molecule has 0 aliphatic rings. The Balaban J connectivity index is 3.01. The number of hydrogen-bond acceptors (Lipinski definition) is 5. The fourth-order valence-electron chi connectivity index (χ4n) is 1.81. The van der Waals surface area contributed by atoms with E-state index in [1.807, 2.05) is 0 Å². The van der Waals surface area contributed by atoms with Gasteiger partial charge in [-0.25, -0.2) is 4.79 Å². The number of carboxylic acids is 1. The van der Waals surface area contributed by atoms with Crippen molar-refractivity contribution in [3.05, 3.63) is 23.8 Å². The number of rotatable bonds is 7. The van der Waals surface area contributed by atoms with Gasteiger partial charge in [-0.15, -0.1) is 0 Å². The van der Waals surface area contributed by atoms with E-state index in [2.05, 4.69) is 5.32 Å². The molecule has 116 valence electrons. The van der Waals surface area contributed by atoms with Crippen molar-refractivity contribution >= 4 is 12.1 Å². The molecular formula is C14H19NO6. The average Bonchev–Trinajstić information content (AvgIpc) is 2.45. The van der Waals surface area contributed by atoms with Crippen LogP contribution in [0.4, 0.5) is 4.79 Å². The Labute approximate surface area is 122 Å². The zero-order valence-electron chi connectivity index (χ0n) is 12.2. The number of hydrogen-bond donors (Lipinski definition) is 2. The third-order valence-corrected chi connectivity index (χ3v) is 2.76. The van der Waals surface area contributed by atoms with Gasteiger partial charge in [-0.3, -0.25) is 4.79 Å². The largest absolute Gasteiger partial charge is 0.493 e. The highest BCUT2D eigenvalue weighted by molar-refractivity contribution is 5.72. The third kappa shape index (κ3) is 4.87. The summed E-state index contributed by atoms with van der Waals surface area (Å²) in [7, 11) is 2.98. The lowest BCUT2D eigenvalue weighted by Gasteiger charge is -2.18. The monoisotopic (exact) mass is 297 g/mol. The van der Waals surface area contributed by atoms with E-state index in [9.17, 15) is 9.59 Å². The summed E-state index contributed by atoms with van der Waals surface area (Å²) in [6.07, 6.45) is -0.938. The fraction of sp³-hybridized carbons (Fsp3) is 0.429. The molecule has 0 aromatic heterocycles. The SMILES string of the molecule is CCOC(=O)N[C@@H](CC(=O)O)c1ccc(OC)c(OC)c1. The molecule has 0 fully saturated rings. The maximum Gasteiger partial charge on any atom is 0.407 e. The number of carbonyl (C=O) groups is 2. The zero-order chi connectivity index (χ0) is 15.8. The molecule has 1 aromatic rings. The summed E-state index contributed by atoms with van der Waals surface area (Å²) in [4.78, 5) is 22.5. The Morgan fingerprint density at radius 3 is 2.43 bits per heavy atom. The minimum Gasteiger partial charge on any atom is -0.493 e. The molecule has 0 radical (unpaired) electrons. The van der Waals surface area contributed by atoms with Gasteiger partial charge in [0.15, 0.2) is 11.5 Å². The number of carboxylic acid groups (broad SMARTS) is 1. The van der Waals surface area contributed by atoms with Gasteiger partial charge in [0.05, 0.1) is 33.3 Å². The summed E-state index contributed by atoms with van der Waals surface area (Å²) in [5, 5.41) is 11.5. The van der Waals surface area contributed by atoms with Crippen molar-refractivity contribution in [2.75, 3.05) is 20.8 Å². The molecule has 1 amide bonds. The van der Waals surface area contributed by atoms with Crippen LogP contribution in [0.15, 0.2) is 18.2 Å². The number of aliphatic carboxylic acids is 1. The fourth-order valence-corrected chi connectivity index (χ4v) is 1.81. The molecule has 1 rings (SSSR count). The summed E-state index contributed by atoms with van der Waals surface area (Å²) in [5.74, 6) is -0.0610. The van der Waals surface area contributed by atoms with E-state index in [1.54, 1.807) is 25.1 Å². The first-order valence-corrected chi connectivity index (χ1v) is 6.38. The lowest BCUT2D eigenvalue weighted by molar-refractivity contribution is -0.137. The van der Waals surface area contributed by atoms with Crippen LogP contribution in [0.3, 0.4) is 0 Å². The minimum atomic E-state index is -1.04. The number of alkyl carbamates (subject to hydrolysis) is 1. The van der Waals surface area contributed by atoms with Gasteiger partial charge in [0.2, 0.25) is 0 Å². The summed E-state index contributed by atoms with van der Waals surface area (Å²) >= 11 is 0. The smallest absolute Gasteiger partial charge is 0.407 e. The topological polar surface area (TPSA) is 94.1 Å². The summed E-state index contributed by atoms with van der Waals surface area (Å²) in [6.45, 7) is 1.87. The first-order chi connectivity index (χ1) is 10.0. The van der Waals surface area contributed by atoms with Crippen molar-refractivity contribution in [2.45, 2.75) is 19.4 Å². The Kier molecular flexibility index (Phi) is 6.32. The van der Waals surface area contributed by atoms with Crippen LogP contribution in [0.1, 0.15) is 24.9 Å². The minimum absolute atomic E-state index is 0.206. The number of methoxy groups -OCH3 is 2. The van der Waals surface area contributed by atoms with E-state index >= 15 is 0 Å². The van der Waals surface area contributed by atoms with Crippen molar-refractivity contribution in [2.24, 2.45) is 0 Å². The summed E-state index contributed by atoms with van der Waals surface area (Å²) in [6, 6.07) is 4.22. The van der Waals surface area contributed by atoms with Crippen molar-refractivity contribution in [3.8, 4) is 11.5 Å². The Morgan fingerprint density at radius 2 is 1.90 bits per heavy atom.